The maximum absolute atomic E-state index is 7.75. The van der Waals surface area contributed by atoms with Crippen LogP contribution in [0.15, 0.2) is 0 Å². The Balaban J connectivity index is 0.000000449. The molecule has 166 valence electrons. The van der Waals surface area contributed by atoms with E-state index in [-0.39, 0.29) is 54.2 Å². The number of nitrogens with zero attached hydrogens (tertiary/aromatic N) is 6. The van der Waals surface area contributed by atoms with Crippen molar-refractivity contribution < 1.29 is 29.1 Å². The van der Waals surface area contributed by atoms with Crippen LogP contribution in [0.25, 0.3) is 21.3 Å². The average Bonchev–Trinajstić information content (AvgIpc) is 3.14. The van der Waals surface area contributed by atoms with Crippen LogP contribution in [0.1, 0.15) is 55.4 Å². The molecule has 9 heteroatoms. The average molecular weight is 494 g/mol. The second-order valence-corrected chi connectivity index (χ2v) is 10.3. The fraction of sp³-hybridized carbons (Fsp3) is 0.900. The molecule has 4 aliphatic rings. The Morgan fingerprint density at radius 2 is 0.724 bits per heavy atom. The summed E-state index contributed by atoms with van der Waals surface area (Å²) in [4.78, 5) is 20.2. The van der Waals surface area contributed by atoms with Gasteiger partial charge in [0, 0.05) is 0 Å². The van der Waals surface area contributed by atoms with E-state index in [1.165, 1.54) is 0 Å². The van der Waals surface area contributed by atoms with Crippen LogP contribution in [-0.4, -0.2) is 84.3 Å². The first-order valence-corrected chi connectivity index (χ1v) is 9.59. The maximum atomic E-state index is 7.75. The molecular weight excluding hydrogens is 457 g/mol. The van der Waals surface area contributed by atoms with Gasteiger partial charge < -0.3 is 40.7 Å². The zero-order valence-electron chi connectivity index (χ0n) is 19.0. The third-order valence-corrected chi connectivity index (χ3v) is 4.87. The zero-order chi connectivity index (χ0) is 22.0. The topological polar surface area (TPSA) is 97.0 Å². The van der Waals surface area contributed by atoms with Gasteiger partial charge in [-0.15, -0.1) is 22.2 Å². The summed E-state index contributed by atoms with van der Waals surface area (Å²) in [5.41, 5.74) is 0.463. The van der Waals surface area contributed by atoms with E-state index in [1.54, 1.807) is 0 Å². The molecule has 0 saturated carbocycles. The Morgan fingerprint density at radius 3 is 0.862 bits per heavy atom. The predicted octanol–water partition coefficient (Wildman–Crippen LogP) is 3.26. The van der Waals surface area contributed by atoms with Crippen LogP contribution in [0.3, 0.4) is 0 Å². The van der Waals surface area contributed by atoms with E-state index < -0.39 is 0 Å². The fourth-order valence-electron chi connectivity index (χ4n) is 4.22. The first-order valence-electron chi connectivity index (χ1n) is 9.59. The van der Waals surface area contributed by atoms with Gasteiger partial charge in [-0.2, -0.15) is 12.6 Å². The minimum absolute atomic E-state index is 0. The molecule has 4 rings (SSSR count). The molecule has 4 saturated heterocycles. The summed E-state index contributed by atoms with van der Waals surface area (Å²) in [6, 6.07) is 0. The van der Waals surface area contributed by atoms with Gasteiger partial charge in [0.2, 0.25) is 0 Å². The molecule has 0 aromatic rings. The molecule has 0 spiro atoms. The third-order valence-electron chi connectivity index (χ3n) is 4.87. The summed E-state index contributed by atoms with van der Waals surface area (Å²) in [6.45, 7) is 28.1. The summed E-state index contributed by atoms with van der Waals surface area (Å²) in [5, 5.41) is 18.5. The van der Waals surface area contributed by atoms with E-state index in [1.807, 2.05) is 0 Å². The minimum atomic E-state index is 0. The standard InChI is InChI=1S/2C9H17N3.2CHO.Ru/c2*1-8(2)5-12-6-9(3,4)11-7(12)10-8;2*1-2;/h2*7H,5-6H2,1-4H3;2*1H;/q2*-2;2*-1;+6. The van der Waals surface area contributed by atoms with Gasteiger partial charge in [-0.3, -0.25) is 13.6 Å². The number of fused-ring (bicyclic) bond motifs is 2. The van der Waals surface area contributed by atoms with Crippen molar-refractivity contribution in [3.8, 4) is 0 Å². The fourth-order valence-corrected chi connectivity index (χ4v) is 4.22. The van der Waals surface area contributed by atoms with E-state index in [4.69, 9.17) is 9.59 Å². The number of rotatable bonds is 0. The molecule has 8 nitrogen and oxygen atoms in total. The van der Waals surface area contributed by atoms with Crippen LogP contribution < -0.4 is 0 Å². The van der Waals surface area contributed by atoms with Crippen molar-refractivity contribution in [2.24, 2.45) is 0 Å². The van der Waals surface area contributed by atoms with E-state index in [2.05, 4.69) is 100 Å². The molecule has 29 heavy (non-hydrogen) atoms. The van der Waals surface area contributed by atoms with Crippen LogP contribution in [0.4, 0.5) is 0 Å². The Labute approximate surface area is 190 Å². The predicted molar refractivity (Wildman–Crippen MR) is 114 cm³/mol. The quantitative estimate of drug-likeness (QED) is 0.294. The molecule has 0 radical (unpaired) electrons. The van der Waals surface area contributed by atoms with Gasteiger partial charge in [0.25, 0.3) is 0 Å². The maximum Gasteiger partial charge on any atom is 6.00 e. The molecule has 0 atom stereocenters. The Morgan fingerprint density at radius 1 is 0.552 bits per heavy atom. The zero-order valence-corrected chi connectivity index (χ0v) is 20.7. The van der Waals surface area contributed by atoms with Gasteiger partial charge in [0.05, 0.1) is 0 Å². The number of hydrogen-bond donors (Lipinski definition) is 0. The Hall–Kier alpha value is -0.277. The molecule has 0 unspecified atom stereocenters. The van der Waals surface area contributed by atoms with Crippen LogP contribution >= 0.6 is 0 Å². The van der Waals surface area contributed by atoms with Crippen LogP contribution in [0, 0.1) is 0 Å². The second-order valence-electron chi connectivity index (χ2n) is 10.3. The minimum Gasteiger partial charge on any atom is -0.659 e. The van der Waals surface area contributed by atoms with Crippen LogP contribution in [0.5, 0.6) is 0 Å². The number of carbonyl (C=O) groups excluding carboxylic acids is 2. The number of hydrogen-bond acceptors (Lipinski definition) is 4. The molecule has 0 bridgehead atoms. The van der Waals surface area contributed by atoms with Crippen molar-refractivity contribution in [3.63, 3.8) is 0 Å². The first-order chi connectivity index (χ1) is 12.8. The summed E-state index contributed by atoms with van der Waals surface area (Å²) in [5.74, 6) is 0. The van der Waals surface area contributed by atoms with Gasteiger partial charge in [0.1, 0.15) is 0 Å². The van der Waals surface area contributed by atoms with E-state index >= 15 is 0 Å². The van der Waals surface area contributed by atoms with E-state index in [0.29, 0.717) is 0 Å². The molecule has 4 aliphatic heterocycles. The summed E-state index contributed by atoms with van der Waals surface area (Å²) in [7, 11) is 0. The van der Waals surface area contributed by atoms with Gasteiger partial charge in [-0.25, -0.2) is 0 Å². The van der Waals surface area contributed by atoms with Crippen LogP contribution in [-0.2, 0) is 29.1 Å². The molecule has 4 heterocycles. The Kier molecular flexibility index (Phi) is 10.3. The summed E-state index contributed by atoms with van der Waals surface area (Å²) >= 11 is 0. The van der Waals surface area contributed by atoms with Gasteiger partial charge >= 0.3 is 19.5 Å². The molecule has 0 amide bonds. The van der Waals surface area contributed by atoms with Crippen molar-refractivity contribution in [2.75, 3.05) is 26.2 Å². The smallest absolute Gasteiger partial charge is 0.659 e. The van der Waals surface area contributed by atoms with Crippen molar-refractivity contribution in [1.82, 2.24) is 9.80 Å². The Bertz CT molecular complexity index is 407. The molecule has 0 N–H and O–H groups in total. The van der Waals surface area contributed by atoms with Crippen LogP contribution in [0.2, 0.25) is 0 Å². The van der Waals surface area contributed by atoms with Crippen molar-refractivity contribution in [2.45, 2.75) is 90.1 Å². The molecule has 4 fully saturated rings. The third kappa shape index (κ3) is 8.05. The monoisotopic (exact) mass is 494 g/mol. The second kappa shape index (κ2) is 10.4. The SMILES string of the molecule is CC1(C)CN2CC(C)(C)[N-]C2[N-]1.CC1(C)CN2CC(C)(C)[N-]C2[N-]1.[CH-]=O.[CH-]=O.[Ru+6]. The first kappa shape index (κ1) is 28.7. The molecule has 0 aromatic heterocycles. The summed E-state index contributed by atoms with van der Waals surface area (Å²) < 4.78 is 0. The van der Waals surface area contributed by atoms with Gasteiger partial charge in [-0.1, -0.05) is 55.4 Å². The molecule has 0 aliphatic carbocycles. The van der Waals surface area contributed by atoms with Crippen molar-refractivity contribution in [3.05, 3.63) is 21.3 Å². The normalized spacial score (nSPS) is 28.4. The van der Waals surface area contributed by atoms with Crippen molar-refractivity contribution in [1.29, 1.82) is 0 Å². The summed E-state index contributed by atoms with van der Waals surface area (Å²) in [6.07, 6.45) is 0.296. The molecule has 0 aromatic carbocycles. The van der Waals surface area contributed by atoms with E-state index in [9.17, 15) is 0 Å². The molecular formula is C20H36N6O2Ru. The van der Waals surface area contributed by atoms with Crippen molar-refractivity contribution >= 4 is 13.6 Å². The van der Waals surface area contributed by atoms with Gasteiger partial charge in [0.15, 0.2) is 0 Å². The van der Waals surface area contributed by atoms with Gasteiger partial charge in [-0.05, 0) is 26.2 Å². The van der Waals surface area contributed by atoms with E-state index in [0.717, 1.165) is 26.2 Å². The largest absolute Gasteiger partial charge is 6.00 e.